The van der Waals surface area contributed by atoms with Crippen molar-refractivity contribution >= 4 is 0 Å². The molecule has 0 aliphatic heterocycles. The molecular formula is C14H21NO. The van der Waals surface area contributed by atoms with Gasteiger partial charge in [-0.3, -0.25) is 0 Å². The van der Waals surface area contributed by atoms with Crippen LogP contribution in [0, 0.1) is 0 Å². The molecule has 0 radical (unpaired) electrons. The van der Waals surface area contributed by atoms with E-state index in [-0.39, 0.29) is 0 Å². The molecule has 0 spiro atoms. The van der Waals surface area contributed by atoms with Crippen molar-refractivity contribution in [2.75, 3.05) is 13.7 Å². The van der Waals surface area contributed by atoms with Gasteiger partial charge in [0.2, 0.25) is 0 Å². The summed E-state index contributed by atoms with van der Waals surface area (Å²) in [6.45, 7) is 1.87. The lowest BCUT2D eigenvalue weighted by Crippen LogP contribution is -2.15. The topological polar surface area (TPSA) is 21.3 Å². The van der Waals surface area contributed by atoms with Gasteiger partial charge in [0.15, 0.2) is 0 Å². The highest BCUT2D eigenvalue weighted by Crippen LogP contribution is 2.19. The van der Waals surface area contributed by atoms with Gasteiger partial charge in [0.25, 0.3) is 0 Å². The van der Waals surface area contributed by atoms with Crippen molar-refractivity contribution in [2.24, 2.45) is 0 Å². The minimum Gasteiger partial charge on any atom is -0.385 e. The van der Waals surface area contributed by atoms with Gasteiger partial charge in [-0.15, -0.1) is 0 Å². The smallest absolute Gasteiger partial charge is 0.0465 e. The second kappa shape index (κ2) is 6.02. The second-order valence-electron chi connectivity index (χ2n) is 4.57. The lowest BCUT2D eigenvalue weighted by Gasteiger charge is -2.06. The molecule has 1 N–H and O–H groups in total. The predicted molar refractivity (Wildman–Crippen MR) is 66.5 cm³/mol. The fourth-order valence-corrected chi connectivity index (χ4v) is 1.87. The first-order valence-corrected chi connectivity index (χ1v) is 6.18. The molecule has 0 heterocycles. The van der Waals surface area contributed by atoms with Crippen LogP contribution >= 0.6 is 0 Å². The molecule has 1 fully saturated rings. The number of hydrogen-bond acceptors (Lipinski definition) is 2. The molecule has 1 saturated carbocycles. The molecule has 2 nitrogen and oxygen atoms in total. The van der Waals surface area contributed by atoms with Crippen molar-refractivity contribution in [2.45, 2.75) is 38.3 Å². The normalized spacial score (nSPS) is 15.3. The second-order valence-corrected chi connectivity index (χ2v) is 4.57. The molecule has 0 bridgehead atoms. The van der Waals surface area contributed by atoms with Crippen LogP contribution in [-0.4, -0.2) is 19.8 Å². The average molecular weight is 219 g/mol. The first-order valence-electron chi connectivity index (χ1n) is 6.18. The highest BCUT2D eigenvalue weighted by molar-refractivity contribution is 5.23. The summed E-state index contributed by atoms with van der Waals surface area (Å²) in [4.78, 5) is 0. The molecule has 0 amide bonds. The molecule has 1 aromatic carbocycles. The van der Waals surface area contributed by atoms with E-state index in [1.165, 1.54) is 24.0 Å². The zero-order valence-corrected chi connectivity index (χ0v) is 10.0. The van der Waals surface area contributed by atoms with Gasteiger partial charge < -0.3 is 10.1 Å². The first-order chi connectivity index (χ1) is 7.88. The Labute approximate surface area is 98.0 Å². The summed E-state index contributed by atoms with van der Waals surface area (Å²) in [5.41, 5.74) is 2.83. The maximum absolute atomic E-state index is 5.07. The zero-order chi connectivity index (χ0) is 11.2. The van der Waals surface area contributed by atoms with E-state index in [1.54, 1.807) is 7.11 Å². The van der Waals surface area contributed by atoms with E-state index in [2.05, 4.69) is 29.6 Å². The predicted octanol–water partition coefficient (Wildman–Crippen LogP) is 2.52. The number of nitrogens with one attached hydrogen (secondary N) is 1. The molecular weight excluding hydrogens is 198 g/mol. The maximum Gasteiger partial charge on any atom is 0.0465 e. The third-order valence-corrected chi connectivity index (χ3v) is 2.98. The summed E-state index contributed by atoms with van der Waals surface area (Å²) in [5.74, 6) is 0. The van der Waals surface area contributed by atoms with Crippen molar-refractivity contribution in [1.82, 2.24) is 5.32 Å². The van der Waals surface area contributed by atoms with Crippen LogP contribution in [-0.2, 0) is 17.7 Å². The summed E-state index contributed by atoms with van der Waals surface area (Å²) < 4.78 is 5.07. The van der Waals surface area contributed by atoms with Gasteiger partial charge in [-0.2, -0.15) is 0 Å². The Morgan fingerprint density at radius 3 is 2.88 bits per heavy atom. The van der Waals surface area contributed by atoms with Crippen LogP contribution in [0.2, 0.25) is 0 Å². The average Bonchev–Trinajstić information content (AvgIpc) is 3.11. The summed E-state index contributed by atoms with van der Waals surface area (Å²) in [6, 6.07) is 9.67. The van der Waals surface area contributed by atoms with Gasteiger partial charge in [0, 0.05) is 26.3 Å². The van der Waals surface area contributed by atoms with E-state index in [0.717, 1.165) is 32.0 Å². The molecule has 1 aromatic rings. The standard InChI is InChI=1S/C14H21NO/c1-16-9-3-6-12-4-2-5-13(10-12)11-15-14-7-8-14/h2,4-5,10,14-15H,3,6-9,11H2,1H3. The quantitative estimate of drug-likeness (QED) is 0.711. The van der Waals surface area contributed by atoms with Crippen LogP contribution in [0.5, 0.6) is 0 Å². The fraction of sp³-hybridized carbons (Fsp3) is 0.571. The minimum absolute atomic E-state index is 0.789. The van der Waals surface area contributed by atoms with Crippen molar-refractivity contribution < 1.29 is 4.74 Å². The first kappa shape index (κ1) is 11.6. The number of rotatable bonds is 7. The largest absolute Gasteiger partial charge is 0.385 e. The number of hydrogen-bond donors (Lipinski definition) is 1. The fourth-order valence-electron chi connectivity index (χ4n) is 1.87. The van der Waals surface area contributed by atoms with Gasteiger partial charge in [0.1, 0.15) is 0 Å². The molecule has 0 atom stereocenters. The van der Waals surface area contributed by atoms with Crippen LogP contribution < -0.4 is 5.32 Å². The summed E-state index contributed by atoms with van der Waals surface area (Å²) in [5, 5.41) is 3.54. The molecule has 2 rings (SSSR count). The highest BCUT2D eigenvalue weighted by Gasteiger charge is 2.19. The van der Waals surface area contributed by atoms with Crippen molar-refractivity contribution in [3.8, 4) is 0 Å². The van der Waals surface area contributed by atoms with Crippen LogP contribution in [0.1, 0.15) is 30.4 Å². The Balaban J connectivity index is 1.80. The van der Waals surface area contributed by atoms with Crippen molar-refractivity contribution in [3.05, 3.63) is 35.4 Å². The molecule has 2 heteroatoms. The molecule has 88 valence electrons. The van der Waals surface area contributed by atoms with E-state index in [1.807, 2.05) is 0 Å². The third kappa shape index (κ3) is 3.95. The van der Waals surface area contributed by atoms with Crippen LogP contribution in [0.15, 0.2) is 24.3 Å². The summed E-state index contributed by atoms with van der Waals surface area (Å²) in [7, 11) is 1.76. The van der Waals surface area contributed by atoms with Gasteiger partial charge in [-0.05, 0) is 36.8 Å². The SMILES string of the molecule is COCCCc1cccc(CNC2CC2)c1. The van der Waals surface area contributed by atoms with Crippen molar-refractivity contribution in [3.63, 3.8) is 0 Å². The molecule has 16 heavy (non-hydrogen) atoms. The van der Waals surface area contributed by atoms with Gasteiger partial charge >= 0.3 is 0 Å². The van der Waals surface area contributed by atoms with E-state index < -0.39 is 0 Å². The summed E-state index contributed by atoms with van der Waals surface area (Å²) in [6.07, 6.45) is 4.93. The number of ether oxygens (including phenoxy) is 1. The Bertz CT molecular complexity index is 320. The van der Waals surface area contributed by atoms with Gasteiger partial charge in [-0.25, -0.2) is 0 Å². The van der Waals surface area contributed by atoms with E-state index in [0.29, 0.717) is 0 Å². The Morgan fingerprint density at radius 1 is 1.31 bits per heavy atom. The third-order valence-electron chi connectivity index (χ3n) is 2.98. The number of aryl methyl sites for hydroxylation is 1. The van der Waals surface area contributed by atoms with Crippen LogP contribution in [0.25, 0.3) is 0 Å². The van der Waals surface area contributed by atoms with E-state index in [9.17, 15) is 0 Å². The molecule has 0 saturated heterocycles. The number of methoxy groups -OCH3 is 1. The molecule has 1 aliphatic carbocycles. The van der Waals surface area contributed by atoms with E-state index >= 15 is 0 Å². The van der Waals surface area contributed by atoms with Crippen LogP contribution in [0.3, 0.4) is 0 Å². The summed E-state index contributed by atoms with van der Waals surface area (Å²) >= 11 is 0. The Morgan fingerprint density at radius 2 is 2.12 bits per heavy atom. The Kier molecular flexibility index (Phi) is 4.37. The molecule has 1 aliphatic rings. The van der Waals surface area contributed by atoms with Gasteiger partial charge in [-0.1, -0.05) is 24.3 Å². The monoisotopic (exact) mass is 219 g/mol. The van der Waals surface area contributed by atoms with Crippen LogP contribution in [0.4, 0.5) is 0 Å². The zero-order valence-electron chi connectivity index (χ0n) is 10.0. The lowest BCUT2D eigenvalue weighted by atomic mass is 10.1. The minimum atomic E-state index is 0.789. The molecule has 0 aromatic heterocycles. The number of benzene rings is 1. The van der Waals surface area contributed by atoms with Crippen molar-refractivity contribution in [1.29, 1.82) is 0 Å². The Hall–Kier alpha value is -0.860. The van der Waals surface area contributed by atoms with E-state index in [4.69, 9.17) is 4.74 Å². The maximum atomic E-state index is 5.07. The lowest BCUT2D eigenvalue weighted by molar-refractivity contribution is 0.195. The molecule has 0 unspecified atom stereocenters. The van der Waals surface area contributed by atoms with Gasteiger partial charge in [0.05, 0.1) is 0 Å². The highest BCUT2D eigenvalue weighted by atomic mass is 16.5.